The van der Waals surface area contributed by atoms with Crippen molar-refractivity contribution >= 4 is 28.6 Å². The Bertz CT molecular complexity index is 839. The van der Waals surface area contributed by atoms with E-state index >= 15 is 0 Å². The molecule has 1 atom stereocenters. The van der Waals surface area contributed by atoms with E-state index in [0.717, 1.165) is 16.5 Å². The molecule has 0 aliphatic heterocycles. The molecular formula is C20H22N2O2S2. The molecule has 0 saturated carbocycles. The van der Waals surface area contributed by atoms with E-state index in [-0.39, 0.29) is 11.9 Å². The molecular weight excluding hydrogens is 364 g/mol. The van der Waals surface area contributed by atoms with Crippen LogP contribution in [0.5, 0.6) is 5.75 Å². The molecule has 0 aliphatic carbocycles. The van der Waals surface area contributed by atoms with Crippen molar-refractivity contribution in [1.82, 2.24) is 10.3 Å². The second kappa shape index (κ2) is 8.47. The van der Waals surface area contributed by atoms with Crippen LogP contribution in [0.3, 0.4) is 0 Å². The lowest BCUT2D eigenvalue weighted by molar-refractivity contribution is 0.0926. The van der Waals surface area contributed by atoms with Gasteiger partial charge in [0.15, 0.2) is 0 Å². The van der Waals surface area contributed by atoms with E-state index < -0.39 is 0 Å². The molecule has 3 rings (SSSR count). The van der Waals surface area contributed by atoms with E-state index in [2.05, 4.69) is 30.2 Å². The van der Waals surface area contributed by atoms with Crippen LogP contribution in [0.25, 0.3) is 0 Å². The van der Waals surface area contributed by atoms with Gasteiger partial charge in [-0.2, -0.15) is 0 Å². The number of amides is 1. The van der Waals surface area contributed by atoms with Crippen molar-refractivity contribution in [2.24, 2.45) is 5.92 Å². The largest absolute Gasteiger partial charge is 0.487 e. The summed E-state index contributed by atoms with van der Waals surface area (Å²) in [6, 6.07) is 11.3. The van der Waals surface area contributed by atoms with Gasteiger partial charge in [0.05, 0.1) is 16.7 Å². The highest BCUT2D eigenvalue weighted by Gasteiger charge is 2.20. The van der Waals surface area contributed by atoms with Gasteiger partial charge >= 0.3 is 0 Å². The van der Waals surface area contributed by atoms with Crippen LogP contribution in [0, 0.1) is 12.8 Å². The van der Waals surface area contributed by atoms with E-state index in [4.69, 9.17) is 4.74 Å². The number of aromatic nitrogens is 1. The van der Waals surface area contributed by atoms with E-state index in [9.17, 15) is 4.79 Å². The number of thiazole rings is 1. The fraction of sp³-hybridized carbons (Fsp3) is 0.300. The molecule has 1 N–H and O–H groups in total. The Morgan fingerprint density at radius 3 is 2.54 bits per heavy atom. The van der Waals surface area contributed by atoms with E-state index in [1.807, 2.05) is 35.9 Å². The predicted octanol–water partition coefficient (Wildman–Crippen LogP) is 5.22. The third kappa shape index (κ3) is 4.71. The van der Waals surface area contributed by atoms with Gasteiger partial charge in [-0.15, -0.1) is 22.7 Å². The fourth-order valence-corrected chi connectivity index (χ4v) is 4.14. The summed E-state index contributed by atoms with van der Waals surface area (Å²) in [4.78, 5) is 18.1. The van der Waals surface area contributed by atoms with Crippen molar-refractivity contribution in [3.8, 4) is 5.75 Å². The van der Waals surface area contributed by atoms with Crippen molar-refractivity contribution in [3.05, 3.63) is 68.3 Å². The zero-order valence-corrected chi connectivity index (χ0v) is 16.7. The van der Waals surface area contributed by atoms with Crippen LogP contribution >= 0.6 is 22.7 Å². The lowest BCUT2D eigenvalue weighted by Crippen LogP contribution is -2.31. The first-order chi connectivity index (χ1) is 12.5. The van der Waals surface area contributed by atoms with E-state index in [1.54, 1.807) is 34.8 Å². The average molecular weight is 387 g/mol. The summed E-state index contributed by atoms with van der Waals surface area (Å²) in [6.07, 6.45) is 0. The number of carbonyl (C=O) groups excluding carboxylic acids is 1. The molecule has 1 amide bonds. The van der Waals surface area contributed by atoms with Gasteiger partial charge in [0.2, 0.25) is 0 Å². The predicted molar refractivity (Wildman–Crippen MR) is 107 cm³/mol. The summed E-state index contributed by atoms with van der Waals surface area (Å²) in [5, 5.41) is 8.19. The van der Waals surface area contributed by atoms with Crippen molar-refractivity contribution in [3.63, 3.8) is 0 Å². The SMILES string of the molecule is Cc1nc(COc2ccc(C(=O)N[C@@H](c3cccs3)C(C)C)cc2)cs1. The number of aryl methyl sites for hydroxylation is 1. The normalized spacial score (nSPS) is 12.2. The summed E-state index contributed by atoms with van der Waals surface area (Å²) in [7, 11) is 0. The molecule has 0 spiro atoms. The van der Waals surface area contributed by atoms with Crippen molar-refractivity contribution in [1.29, 1.82) is 0 Å². The minimum atomic E-state index is -0.0706. The Morgan fingerprint density at radius 1 is 1.19 bits per heavy atom. The van der Waals surface area contributed by atoms with Crippen LogP contribution in [0.2, 0.25) is 0 Å². The number of nitrogens with zero attached hydrogens (tertiary/aromatic N) is 1. The molecule has 26 heavy (non-hydrogen) atoms. The van der Waals surface area contributed by atoms with Gasteiger partial charge < -0.3 is 10.1 Å². The summed E-state index contributed by atoms with van der Waals surface area (Å²) < 4.78 is 5.73. The van der Waals surface area contributed by atoms with E-state index in [0.29, 0.717) is 18.1 Å². The number of hydrogen-bond acceptors (Lipinski definition) is 5. The molecule has 0 aliphatic rings. The second-order valence-corrected chi connectivity index (χ2v) is 8.42. The standard InChI is InChI=1S/C20H22N2O2S2/c1-13(2)19(18-5-4-10-25-18)22-20(23)15-6-8-17(9-7-15)24-11-16-12-26-14(3)21-16/h4-10,12-13,19H,11H2,1-3H3,(H,22,23)/t19-/m1/s1. The second-order valence-electron chi connectivity index (χ2n) is 6.38. The summed E-state index contributed by atoms with van der Waals surface area (Å²) in [6.45, 7) is 6.63. The number of rotatable bonds is 7. The van der Waals surface area contributed by atoms with Gasteiger partial charge in [0, 0.05) is 15.8 Å². The maximum absolute atomic E-state index is 12.6. The molecule has 2 heterocycles. The highest BCUT2D eigenvalue weighted by molar-refractivity contribution is 7.10. The van der Waals surface area contributed by atoms with Crippen molar-refractivity contribution in [2.75, 3.05) is 0 Å². The van der Waals surface area contributed by atoms with Crippen LogP contribution < -0.4 is 10.1 Å². The van der Waals surface area contributed by atoms with Crippen LogP contribution in [0.4, 0.5) is 0 Å². The van der Waals surface area contributed by atoms with Crippen LogP contribution in [0.1, 0.15) is 45.8 Å². The smallest absolute Gasteiger partial charge is 0.251 e. The quantitative estimate of drug-likeness (QED) is 0.606. The molecule has 0 fully saturated rings. The number of thiophene rings is 1. The summed E-state index contributed by atoms with van der Waals surface area (Å²) in [5.41, 5.74) is 1.55. The van der Waals surface area contributed by atoms with Gasteiger partial charge in [0.25, 0.3) is 5.91 Å². The summed E-state index contributed by atoms with van der Waals surface area (Å²) in [5.74, 6) is 0.978. The van der Waals surface area contributed by atoms with Crippen molar-refractivity contribution in [2.45, 2.75) is 33.4 Å². The number of benzene rings is 1. The van der Waals surface area contributed by atoms with Gasteiger partial charge in [-0.1, -0.05) is 19.9 Å². The molecule has 0 radical (unpaired) electrons. The van der Waals surface area contributed by atoms with Gasteiger partial charge in [-0.25, -0.2) is 4.98 Å². The van der Waals surface area contributed by atoms with Crippen molar-refractivity contribution < 1.29 is 9.53 Å². The lowest BCUT2D eigenvalue weighted by atomic mass is 10.0. The molecule has 0 saturated heterocycles. The zero-order valence-electron chi connectivity index (χ0n) is 15.1. The number of hydrogen-bond donors (Lipinski definition) is 1. The molecule has 136 valence electrons. The average Bonchev–Trinajstić information content (AvgIpc) is 3.29. The fourth-order valence-electron chi connectivity index (χ4n) is 2.59. The molecule has 0 bridgehead atoms. The molecule has 4 nitrogen and oxygen atoms in total. The molecule has 3 aromatic rings. The molecule has 6 heteroatoms. The van der Waals surface area contributed by atoms with Crippen LogP contribution in [0.15, 0.2) is 47.2 Å². The monoisotopic (exact) mass is 386 g/mol. The molecule has 1 aromatic carbocycles. The highest BCUT2D eigenvalue weighted by Crippen LogP contribution is 2.26. The van der Waals surface area contributed by atoms with E-state index in [1.165, 1.54) is 4.88 Å². The zero-order chi connectivity index (χ0) is 18.5. The minimum absolute atomic E-state index is 0.0198. The van der Waals surface area contributed by atoms with Gasteiger partial charge in [-0.3, -0.25) is 4.79 Å². The highest BCUT2D eigenvalue weighted by atomic mass is 32.1. The third-order valence-corrected chi connectivity index (χ3v) is 5.75. The Balaban J connectivity index is 1.61. The third-order valence-electron chi connectivity index (χ3n) is 3.97. The first-order valence-electron chi connectivity index (χ1n) is 8.51. The maximum atomic E-state index is 12.6. The first-order valence-corrected chi connectivity index (χ1v) is 10.3. The topological polar surface area (TPSA) is 51.2 Å². The van der Waals surface area contributed by atoms with Gasteiger partial charge in [-0.05, 0) is 48.6 Å². The number of ether oxygens (including phenoxy) is 1. The number of nitrogens with one attached hydrogen (secondary N) is 1. The van der Waals surface area contributed by atoms with Crippen LogP contribution in [-0.4, -0.2) is 10.9 Å². The Morgan fingerprint density at radius 2 is 1.96 bits per heavy atom. The first kappa shape index (κ1) is 18.6. The lowest BCUT2D eigenvalue weighted by Gasteiger charge is -2.21. The maximum Gasteiger partial charge on any atom is 0.251 e. The number of carbonyl (C=O) groups is 1. The Labute approximate surface area is 161 Å². The summed E-state index contributed by atoms with van der Waals surface area (Å²) >= 11 is 3.27. The van der Waals surface area contributed by atoms with Gasteiger partial charge in [0.1, 0.15) is 12.4 Å². The van der Waals surface area contributed by atoms with Crippen LogP contribution in [-0.2, 0) is 6.61 Å². The molecule has 2 aromatic heterocycles. The molecule has 0 unspecified atom stereocenters. The Kier molecular flexibility index (Phi) is 6.06. The Hall–Kier alpha value is -2.18. The minimum Gasteiger partial charge on any atom is -0.487 e.